The first-order valence-electron chi connectivity index (χ1n) is 7.57. The predicted octanol–water partition coefficient (Wildman–Crippen LogP) is 2.25. The van der Waals surface area contributed by atoms with E-state index in [4.69, 9.17) is 10.5 Å². The lowest BCUT2D eigenvalue weighted by Gasteiger charge is -2.48. The van der Waals surface area contributed by atoms with Crippen LogP contribution >= 0.6 is 0 Å². The van der Waals surface area contributed by atoms with Gasteiger partial charge in [-0.1, -0.05) is 13.3 Å². The topological polar surface area (TPSA) is 38.5 Å². The standard InChI is InChI=1S/C15H30N2O/c1-12-5-6-13(10-16)14(9-12)17-8-4-7-15(2,11-17)18-3/h12-14H,4-11,16H2,1-3H3. The molecule has 4 atom stereocenters. The maximum atomic E-state index is 5.99. The molecule has 1 aliphatic carbocycles. The molecular weight excluding hydrogens is 224 g/mol. The predicted molar refractivity (Wildman–Crippen MR) is 75.6 cm³/mol. The van der Waals surface area contributed by atoms with Gasteiger partial charge in [-0.05, 0) is 57.5 Å². The minimum Gasteiger partial charge on any atom is -0.377 e. The number of ether oxygens (including phenoxy) is 1. The van der Waals surface area contributed by atoms with Crippen molar-refractivity contribution >= 4 is 0 Å². The van der Waals surface area contributed by atoms with Gasteiger partial charge in [0.05, 0.1) is 5.60 Å². The summed E-state index contributed by atoms with van der Waals surface area (Å²) in [6, 6.07) is 0.688. The molecule has 106 valence electrons. The zero-order chi connectivity index (χ0) is 13.2. The zero-order valence-electron chi connectivity index (χ0n) is 12.3. The Balaban J connectivity index is 2.03. The molecule has 4 unspecified atom stereocenters. The maximum absolute atomic E-state index is 5.99. The highest BCUT2D eigenvalue weighted by Gasteiger charge is 2.38. The first-order chi connectivity index (χ1) is 8.58. The molecule has 2 N–H and O–H groups in total. The van der Waals surface area contributed by atoms with Gasteiger partial charge in [0, 0.05) is 19.7 Å². The van der Waals surface area contributed by atoms with E-state index in [0.29, 0.717) is 12.0 Å². The van der Waals surface area contributed by atoms with Gasteiger partial charge in [0.1, 0.15) is 0 Å². The summed E-state index contributed by atoms with van der Waals surface area (Å²) in [5, 5.41) is 0. The number of methoxy groups -OCH3 is 1. The first-order valence-corrected chi connectivity index (χ1v) is 7.57. The zero-order valence-corrected chi connectivity index (χ0v) is 12.3. The average Bonchev–Trinajstić information content (AvgIpc) is 2.39. The van der Waals surface area contributed by atoms with Gasteiger partial charge in [0.25, 0.3) is 0 Å². The Morgan fingerprint density at radius 2 is 2.17 bits per heavy atom. The quantitative estimate of drug-likeness (QED) is 0.839. The Labute approximate surface area is 112 Å². The number of piperidine rings is 1. The summed E-state index contributed by atoms with van der Waals surface area (Å²) in [6.45, 7) is 7.80. The largest absolute Gasteiger partial charge is 0.377 e. The number of hydrogen-bond donors (Lipinski definition) is 1. The number of nitrogens with zero attached hydrogens (tertiary/aromatic N) is 1. The smallest absolute Gasteiger partial charge is 0.0777 e. The van der Waals surface area contributed by atoms with Crippen LogP contribution in [0.2, 0.25) is 0 Å². The van der Waals surface area contributed by atoms with Crippen LogP contribution in [0.1, 0.15) is 46.0 Å². The molecule has 0 radical (unpaired) electrons. The van der Waals surface area contributed by atoms with Gasteiger partial charge < -0.3 is 10.5 Å². The van der Waals surface area contributed by atoms with Crippen LogP contribution in [0, 0.1) is 11.8 Å². The Morgan fingerprint density at radius 1 is 1.39 bits per heavy atom. The van der Waals surface area contributed by atoms with Crippen LogP contribution in [0.5, 0.6) is 0 Å². The van der Waals surface area contributed by atoms with Crippen molar-refractivity contribution in [3.63, 3.8) is 0 Å². The van der Waals surface area contributed by atoms with E-state index >= 15 is 0 Å². The average molecular weight is 254 g/mol. The summed E-state index contributed by atoms with van der Waals surface area (Å²) in [7, 11) is 1.85. The van der Waals surface area contributed by atoms with Crippen LogP contribution in [0.15, 0.2) is 0 Å². The van der Waals surface area contributed by atoms with Gasteiger partial charge in [-0.2, -0.15) is 0 Å². The summed E-state index contributed by atoms with van der Waals surface area (Å²) >= 11 is 0. The van der Waals surface area contributed by atoms with Crippen molar-refractivity contribution in [3.05, 3.63) is 0 Å². The van der Waals surface area contributed by atoms with E-state index in [2.05, 4.69) is 18.7 Å². The number of hydrogen-bond acceptors (Lipinski definition) is 3. The van der Waals surface area contributed by atoms with E-state index in [0.717, 1.165) is 19.0 Å². The van der Waals surface area contributed by atoms with Crippen molar-refractivity contribution in [3.8, 4) is 0 Å². The molecule has 1 heterocycles. The molecule has 18 heavy (non-hydrogen) atoms. The highest BCUT2D eigenvalue weighted by atomic mass is 16.5. The Morgan fingerprint density at radius 3 is 2.83 bits per heavy atom. The molecule has 3 heteroatoms. The van der Waals surface area contributed by atoms with E-state index < -0.39 is 0 Å². The fourth-order valence-electron chi connectivity index (χ4n) is 3.83. The van der Waals surface area contributed by atoms with E-state index in [1.165, 1.54) is 38.6 Å². The molecule has 1 saturated carbocycles. The molecule has 3 nitrogen and oxygen atoms in total. The SMILES string of the molecule is COC1(C)CCCN(C2CC(C)CCC2CN)C1. The monoisotopic (exact) mass is 254 g/mol. The van der Waals surface area contributed by atoms with Crippen LogP contribution in [0.3, 0.4) is 0 Å². The van der Waals surface area contributed by atoms with Crippen molar-refractivity contribution in [2.24, 2.45) is 17.6 Å². The highest BCUT2D eigenvalue weighted by molar-refractivity contribution is 4.92. The van der Waals surface area contributed by atoms with Crippen molar-refractivity contribution < 1.29 is 4.74 Å². The van der Waals surface area contributed by atoms with Crippen molar-refractivity contribution in [2.45, 2.75) is 57.6 Å². The van der Waals surface area contributed by atoms with Gasteiger partial charge >= 0.3 is 0 Å². The third kappa shape index (κ3) is 3.06. The molecule has 1 aliphatic heterocycles. The molecular formula is C15H30N2O. The van der Waals surface area contributed by atoms with Gasteiger partial charge in [0.15, 0.2) is 0 Å². The Kier molecular flexibility index (Phi) is 4.68. The minimum absolute atomic E-state index is 0.0537. The van der Waals surface area contributed by atoms with Crippen molar-refractivity contribution in [1.29, 1.82) is 0 Å². The molecule has 1 saturated heterocycles. The highest BCUT2D eigenvalue weighted by Crippen LogP contribution is 2.35. The van der Waals surface area contributed by atoms with Crippen LogP contribution in [0.25, 0.3) is 0 Å². The molecule has 2 fully saturated rings. The first kappa shape index (κ1) is 14.3. The van der Waals surface area contributed by atoms with Gasteiger partial charge in [-0.25, -0.2) is 0 Å². The van der Waals surface area contributed by atoms with Crippen LogP contribution in [0.4, 0.5) is 0 Å². The lowest BCUT2D eigenvalue weighted by Crippen LogP contribution is -2.55. The minimum atomic E-state index is 0.0537. The van der Waals surface area contributed by atoms with Crippen LogP contribution < -0.4 is 5.73 Å². The molecule has 0 aromatic carbocycles. The molecule has 2 aliphatic rings. The summed E-state index contributed by atoms with van der Waals surface area (Å²) in [4.78, 5) is 2.67. The van der Waals surface area contributed by atoms with Gasteiger partial charge in [0.2, 0.25) is 0 Å². The third-order valence-corrected chi connectivity index (χ3v) is 5.17. The molecule has 0 aromatic heterocycles. The summed E-state index contributed by atoms with van der Waals surface area (Å²) < 4.78 is 5.72. The Hall–Kier alpha value is -0.120. The number of rotatable bonds is 3. The van der Waals surface area contributed by atoms with Gasteiger partial charge in [-0.3, -0.25) is 4.90 Å². The van der Waals surface area contributed by atoms with Gasteiger partial charge in [-0.15, -0.1) is 0 Å². The van der Waals surface area contributed by atoms with E-state index in [9.17, 15) is 0 Å². The number of likely N-dealkylation sites (tertiary alicyclic amines) is 1. The van der Waals surface area contributed by atoms with Crippen LogP contribution in [-0.2, 0) is 4.74 Å². The van der Waals surface area contributed by atoms with Crippen molar-refractivity contribution in [2.75, 3.05) is 26.7 Å². The molecule has 2 rings (SSSR count). The summed E-state index contributed by atoms with van der Waals surface area (Å²) in [6.07, 6.45) is 6.43. The molecule has 0 bridgehead atoms. The fraction of sp³-hybridized carbons (Fsp3) is 1.00. The second-order valence-corrected chi connectivity index (χ2v) is 6.71. The second-order valence-electron chi connectivity index (χ2n) is 6.71. The van der Waals surface area contributed by atoms with Crippen LogP contribution in [-0.4, -0.2) is 43.3 Å². The van der Waals surface area contributed by atoms with E-state index in [-0.39, 0.29) is 5.60 Å². The summed E-state index contributed by atoms with van der Waals surface area (Å²) in [5.74, 6) is 1.55. The maximum Gasteiger partial charge on any atom is 0.0777 e. The lowest BCUT2D eigenvalue weighted by molar-refractivity contribution is -0.0737. The van der Waals surface area contributed by atoms with Crippen molar-refractivity contribution in [1.82, 2.24) is 4.90 Å². The molecule has 0 spiro atoms. The van der Waals surface area contributed by atoms with E-state index in [1.54, 1.807) is 0 Å². The molecule has 0 amide bonds. The Bertz CT molecular complexity index is 271. The number of nitrogens with two attached hydrogens (primary N) is 1. The fourth-order valence-corrected chi connectivity index (χ4v) is 3.83. The second kappa shape index (κ2) is 5.89. The molecule has 0 aromatic rings. The normalized spacial score (nSPS) is 43.0. The van der Waals surface area contributed by atoms with E-state index in [1.807, 2.05) is 7.11 Å². The summed E-state index contributed by atoms with van der Waals surface area (Å²) in [5.41, 5.74) is 6.04. The lowest BCUT2D eigenvalue weighted by atomic mass is 9.77. The third-order valence-electron chi connectivity index (χ3n) is 5.17.